The topological polar surface area (TPSA) is 32.8 Å². The van der Waals surface area contributed by atoms with E-state index in [1.54, 1.807) is 0 Å². The smallest absolute Gasteiger partial charge is 0.0581 e. The lowest BCUT2D eigenvalue weighted by Crippen LogP contribution is -2.23. The van der Waals surface area contributed by atoms with E-state index in [0.717, 1.165) is 22.3 Å². The normalized spacial score (nSPS) is 13.2. The van der Waals surface area contributed by atoms with Gasteiger partial charge in [-0.1, -0.05) is 116 Å². The van der Waals surface area contributed by atoms with Crippen LogP contribution in [0.25, 0.3) is 55.4 Å². The van der Waals surface area contributed by atoms with Crippen LogP contribution in [-0.4, -0.2) is 9.55 Å². The number of nitrogens with one attached hydrogen (secondary N) is 2. The maximum atomic E-state index is 4.18. The molecule has 0 aliphatic heterocycles. The van der Waals surface area contributed by atoms with E-state index in [9.17, 15) is 0 Å². The first-order chi connectivity index (χ1) is 22.1. The molecule has 2 heterocycles. The van der Waals surface area contributed by atoms with Crippen molar-refractivity contribution in [3.63, 3.8) is 0 Å². The van der Waals surface area contributed by atoms with Crippen molar-refractivity contribution in [2.75, 3.05) is 0 Å². The molecule has 220 valence electrons. The van der Waals surface area contributed by atoms with Gasteiger partial charge >= 0.3 is 0 Å². The molecule has 0 radical (unpaired) electrons. The first-order valence-electron chi connectivity index (χ1n) is 15.6. The number of H-pyrrole nitrogens is 1. The molecule has 2 aromatic heterocycles. The van der Waals surface area contributed by atoms with Crippen LogP contribution in [0.3, 0.4) is 0 Å². The van der Waals surface area contributed by atoms with Gasteiger partial charge < -0.3 is 14.9 Å². The monoisotopic (exact) mass is 583 g/mol. The Balaban J connectivity index is 1.36. The van der Waals surface area contributed by atoms with Crippen molar-refractivity contribution in [1.29, 1.82) is 0 Å². The summed E-state index contributed by atoms with van der Waals surface area (Å²) in [7, 11) is 0. The second kappa shape index (κ2) is 12.0. The Hall–Kier alpha value is -5.38. The van der Waals surface area contributed by atoms with Gasteiger partial charge in [0.05, 0.1) is 22.6 Å². The number of hydrogen-bond acceptors (Lipinski definition) is 1. The standard InChI is InChI=1S/C42H37N3/c1-5-15-28(4)33(7-3)41(31-17-9-8-10-18-31)43-27-29-16-11-20-32(26-29)45-37-24-13-21-34-35-22-12-19-30(6-2)42(35)44-36-23-14-25-38(45)40(36)39(34)37/h5-26,41,43-44H,2-3,27H2,1,4H3/b15-5-,33-28+. The Morgan fingerprint density at radius 3 is 2.33 bits per heavy atom. The number of para-hydroxylation sites is 1. The Morgan fingerprint density at radius 1 is 0.822 bits per heavy atom. The minimum absolute atomic E-state index is 0.0198. The number of benzene rings is 5. The predicted molar refractivity (Wildman–Crippen MR) is 194 cm³/mol. The highest BCUT2D eigenvalue weighted by Gasteiger charge is 2.19. The minimum Gasteiger partial charge on any atom is -0.354 e. The molecule has 0 bridgehead atoms. The van der Waals surface area contributed by atoms with Gasteiger partial charge in [-0.2, -0.15) is 0 Å². The summed E-state index contributed by atoms with van der Waals surface area (Å²) >= 11 is 0. The van der Waals surface area contributed by atoms with E-state index in [-0.39, 0.29) is 6.04 Å². The number of aromatic nitrogens is 2. The largest absolute Gasteiger partial charge is 0.354 e. The number of hydrogen-bond donors (Lipinski definition) is 2. The number of nitrogens with zero attached hydrogens (tertiary/aromatic N) is 1. The molecule has 1 unspecified atom stereocenters. The number of aromatic amines is 1. The van der Waals surface area contributed by atoms with E-state index in [4.69, 9.17) is 0 Å². The third-order valence-electron chi connectivity index (χ3n) is 8.90. The van der Waals surface area contributed by atoms with E-state index in [1.807, 2.05) is 12.2 Å². The van der Waals surface area contributed by atoms with E-state index in [0.29, 0.717) is 6.54 Å². The van der Waals surface area contributed by atoms with Gasteiger partial charge in [0.2, 0.25) is 0 Å². The molecule has 7 rings (SSSR count). The average Bonchev–Trinajstić information content (AvgIpc) is 3.34. The number of fused-ring (bicyclic) bond motifs is 2. The lowest BCUT2D eigenvalue weighted by Gasteiger charge is -2.23. The molecular formula is C42H37N3. The molecule has 7 aromatic rings. The molecule has 0 amide bonds. The second-order valence-corrected chi connectivity index (χ2v) is 11.6. The fourth-order valence-electron chi connectivity index (χ4n) is 6.88. The molecule has 0 spiro atoms. The van der Waals surface area contributed by atoms with Crippen molar-refractivity contribution in [1.82, 2.24) is 14.9 Å². The summed E-state index contributed by atoms with van der Waals surface area (Å²) < 4.78 is 2.41. The molecule has 2 N–H and O–H groups in total. The van der Waals surface area contributed by atoms with Crippen molar-refractivity contribution in [2.45, 2.75) is 26.4 Å². The molecule has 0 aliphatic rings. The molecule has 5 aromatic carbocycles. The Morgan fingerprint density at radius 2 is 1.56 bits per heavy atom. The van der Waals surface area contributed by atoms with Crippen LogP contribution >= 0.6 is 0 Å². The Kier molecular flexibility index (Phi) is 7.54. The Labute approximate surface area is 264 Å². The third-order valence-corrected chi connectivity index (χ3v) is 8.90. The summed E-state index contributed by atoms with van der Waals surface area (Å²) in [6.45, 7) is 13.2. The van der Waals surface area contributed by atoms with Crippen LogP contribution < -0.4 is 5.32 Å². The zero-order valence-corrected chi connectivity index (χ0v) is 25.8. The number of allylic oxidation sites excluding steroid dienone is 3. The van der Waals surface area contributed by atoms with Gasteiger partial charge in [0, 0.05) is 33.9 Å². The molecule has 45 heavy (non-hydrogen) atoms. The summed E-state index contributed by atoms with van der Waals surface area (Å²) in [6.07, 6.45) is 8.15. The van der Waals surface area contributed by atoms with Crippen LogP contribution in [0.2, 0.25) is 0 Å². The van der Waals surface area contributed by atoms with E-state index in [2.05, 4.69) is 163 Å². The average molecular weight is 584 g/mol. The molecule has 3 heteroatoms. The van der Waals surface area contributed by atoms with Crippen molar-refractivity contribution < 1.29 is 0 Å². The minimum atomic E-state index is 0.0198. The fourth-order valence-corrected chi connectivity index (χ4v) is 6.88. The Bertz CT molecular complexity index is 2270. The zero-order chi connectivity index (χ0) is 30.9. The fraction of sp³-hybridized carbons (Fsp3) is 0.0952. The van der Waals surface area contributed by atoms with Gasteiger partial charge in [0.15, 0.2) is 0 Å². The summed E-state index contributed by atoms with van der Waals surface area (Å²) in [5.41, 5.74) is 11.7. The maximum Gasteiger partial charge on any atom is 0.0581 e. The highest BCUT2D eigenvalue weighted by molar-refractivity contribution is 6.27. The lowest BCUT2D eigenvalue weighted by atomic mass is 9.94. The van der Waals surface area contributed by atoms with E-state index < -0.39 is 0 Å². The van der Waals surface area contributed by atoms with Crippen molar-refractivity contribution in [3.05, 3.63) is 168 Å². The van der Waals surface area contributed by atoms with Crippen molar-refractivity contribution in [3.8, 4) is 5.69 Å². The number of rotatable bonds is 9. The molecule has 0 aliphatic carbocycles. The van der Waals surface area contributed by atoms with Crippen molar-refractivity contribution >= 4 is 49.7 Å². The molecule has 1 atom stereocenters. The predicted octanol–water partition coefficient (Wildman–Crippen LogP) is 11.0. The maximum absolute atomic E-state index is 4.18. The summed E-state index contributed by atoms with van der Waals surface area (Å²) in [6, 6.07) is 39.2. The summed E-state index contributed by atoms with van der Waals surface area (Å²) in [5.74, 6) is 0. The quantitative estimate of drug-likeness (QED) is 0.163. The van der Waals surface area contributed by atoms with Crippen LogP contribution in [0.5, 0.6) is 0 Å². The van der Waals surface area contributed by atoms with E-state index in [1.165, 1.54) is 54.9 Å². The van der Waals surface area contributed by atoms with Gasteiger partial charge in [-0.3, -0.25) is 0 Å². The first-order valence-corrected chi connectivity index (χ1v) is 15.6. The lowest BCUT2D eigenvalue weighted by molar-refractivity contribution is 0.601. The van der Waals surface area contributed by atoms with Crippen LogP contribution in [0.4, 0.5) is 0 Å². The molecule has 0 fully saturated rings. The first kappa shape index (κ1) is 28.4. The van der Waals surface area contributed by atoms with E-state index >= 15 is 0 Å². The van der Waals surface area contributed by atoms with Gasteiger partial charge in [0.1, 0.15) is 0 Å². The molecular weight excluding hydrogens is 546 g/mol. The second-order valence-electron chi connectivity index (χ2n) is 11.6. The van der Waals surface area contributed by atoms with Crippen LogP contribution in [-0.2, 0) is 6.54 Å². The van der Waals surface area contributed by atoms with Gasteiger partial charge in [-0.15, -0.1) is 0 Å². The SMILES string of the molecule is C=C/C(=C(C)\C=C/C)C(NCc1cccc(-n2c3cccc4[nH]c5c(C=C)cccc5c5cccc2c5c43)c1)c1ccccc1. The summed E-state index contributed by atoms with van der Waals surface area (Å²) in [5, 5.41) is 8.79. The highest BCUT2D eigenvalue weighted by atomic mass is 15.0. The van der Waals surface area contributed by atoms with Gasteiger partial charge in [-0.25, -0.2) is 0 Å². The van der Waals surface area contributed by atoms with Crippen LogP contribution in [0.15, 0.2) is 152 Å². The van der Waals surface area contributed by atoms with Crippen LogP contribution in [0, 0.1) is 0 Å². The van der Waals surface area contributed by atoms with Gasteiger partial charge in [-0.05, 0) is 77.4 Å². The molecule has 0 saturated carbocycles. The van der Waals surface area contributed by atoms with Crippen molar-refractivity contribution in [2.24, 2.45) is 0 Å². The summed E-state index contributed by atoms with van der Waals surface area (Å²) in [4.78, 5) is 3.78. The third kappa shape index (κ3) is 4.92. The zero-order valence-electron chi connectivity index (χ0n) is 25.8. The molecule has 0 saturated heterocycles. The van der Waals surface area contributed by atoms with Gasteiger partial charge in [0.25, 0.3) is 0 Å². The molecule has 3 nitrogen and oxygen atoms in total. The van der Waals surface area contributed by atoms with Crippen LogP contribution in [0.1, 0.15) is 36.6 Å². The highest BCUT2D eigenvalue weighted by Crippen LogP contribution is 2.40.